The van der Waals surface area contributed by atoms with Crippen LogP contribution in [0, 0.1) is 5.92 Å². The van der Waals surface area contributed by atoms with Crippen LogP contribution >= 0.6 is 27.7 Å². The van der Waals surface area contributed by atoms with E-state index in [1.807, 2.05) is 6.20 Å². The highest BCUT2D eigenvalue weighted by molar-refractivity contribution is 9.10. The second-order valence-corrected chi connectivity index (χ2v) is 7.98. The molecule has 0 amide bonds. The Morgan fingerprint density at radius 2 is 2.14 bits per heavy atom. The van der Waals surface area contributed by atoms with Gasteiger partial charge in [-0.1, -0.05) is 13.8 Å². The third-order valence-electron chi connectivity index (χ3n) is 4.15. The second kappa shape index (κ2) is 9.21. The molecular formula is C16H28BrN3S. The van der Waals surface area contributed by atoms with Gasteiger partial charge in [0, 0.05) is 6.54 Å². The highest BCUT2D eigenvalue weighted by Crippen LogP contribution is 2.33. The molecular weight excluding hydrogens is 346 g/mol. The molecule has 120 valence electrons. The number of thioether (sulfide) groups is 1. The molecule has 2 heterocycles. The van der Waals surface area contributed by atoms with E-state index in [9.17, 15) is 0 Å². The largest absolute Gasteiger partial charge is 0.309 e. The lowest BCUT2D eigenvalue weighted by molar-refractivity contribution is 0.352. The average molecular weight is 374 g/mol. The molecule has 3 nitrogen and oxygen atoms in total. The lowest BCUT2D eigenvalue weighted by Gasteiger charge is -2.28. The predicted molar refractivity (Wildman–Crippen MR) is 95.9 cm³/mol. The van der Waals surface area contributed by atoms with Gasteiger partial charge in [-0.3, -0.25) is 4.68 Å². The van der Waals surface area contributed by atoms with E-state index in [0.29, 0.717) is 6.04 Å². The van der Waals surface area contributed by atoms with Crippen molar-refractivity contribution in [1.29, 1.82) is 0 Å². The van der Waals surface area contributed by atoms with Gasteiger partial charge < -0.3 is 5.32 Å². The molecule has 1 aliphatic rings. The van der Waals surface area contributed by atoms with E-state index in [1.165, 1.54) is 42.9 Å². The Labute approximate surface area is 141 Å². The number of nitrogens with zero attached hydrogens (tertiary/aromatic N) is 2. The van der Waals surface area contributed by atoms with Gasteiger partial charge in [0.2, 0.25) is 0 Å². The lowest BCUT2D eigenvalue weighted by Crippen LogP contribution is -2.28. The monoisotopic (exact) mass is 373 g/mol. The molecule has 2 rings (SSSR count). The zero-order valence-corrected chi connectivity index (χ0v) is 15.7. The summed E-state index contributed by atoms with van der Waals surface area (Å²) in [5, 5.41) is 8.31. The molecule has 0 spiro atoms. The standard InChI is InChI=1S/C16H28BrN3S/c1-3-7-18-15(11-13-5-9-21-10-6-13)16-14(17)12-19-20(16)8-4-2/h12-13,15,18H,3-11H2,1-2H3. The molecule has 1 aliphatic heterocycles. The number of rotatable bonds is 8. The Balaban J connectivity index is 2.12. The van der Waals surface area contributed by atoms with Gasteiger partial charge in [0.15, 0.2) is 0 Å². The second-order valence-electron chi connectivity index (χ2n) is 5.90. The summed E-state index contributed by atoms with van der Waals surface area (Å²) in [6, 6.07) is 0.432. The van der Waals surface area contributed by atoms with E-state index in [2.05, 4.69) is 56.6 Å². The fourth-order valence-corrected chi connectivity index (χ4v) is 4.81. The van der Waals surface area contributed by atoms with E-state index < -0.39 is 0 Å². The quantitative estimate of drug-likeness (QED) is 0.720. The van der Waals surface area contributed by atoms with Crippen molar-refractivity contribution >= 4 is 27.7 Å². The van der Waals surface area contributed by atoms with Crippen molar-refractivity contribution in [2.45, 2.75) is 58.5 Å². The number of hydrogen-bond donors (Lipinski definition) is 1. The number of aryl methyl sites for hydroxylation is 1. The molecule has 1 N–H and O–H groups in total. The Kier molecular flexibility index (Phi) is 7.61. The highest BCUT2D eigenvalue weighted by atomic mass is 79.9. The smallest absolute Gasteiger partial charge is 0.0695 e. The van der Waals surface area contributed by atoms with Crippen molar-refractivity contribution in [2.75, 3.05) is 18.1 Å². The maximum atomic E-state index is 4.55. The first-order chi connectivity index (χ1) is 10.3. The third-order valence-corrected chi connectivity index (χ3v) is 5.81. The van der Waals surface area contributed by atoms with E-state index in [4.69, 9.17) is 0 Å². The van der Waals surface area contributed by atoms with Crippen molar-refractivity contribution in [3.63, 3.8) is 0 Å². The summed E-state index contributed by atoms with van der Waals surface area (Å²) in [6.45, 7) is 6.54. The van der Waals surface area contributed by atoms with E-state index >= 15 is 0 Å². The van der Waals surface area contributed by atoms with Crippen LogP contribution in [0.5, 0.6) is 0 Å². The van der Waals surface area contributed by atoms with Gasteiger partial charge in [0.05, 0.1) is 22.4 Å². The lowest BCUT2D eigenvalue weighted by atomic mass is 9.92. The van der Waals surface area contributed by atoms with Crippen molar-refractivity contribution in [1.82, 2.24) is 15.1 Å². The van der Waals surface area contributed by atoms with Crippen LogP contribution in [0.25, 0.3) is 0 Å². The first-order valence-corrected chi connectivity index (χ1v) is 10.2. The van der Waals surface area contributed by atoms with Gasteiger partial charge in [-0.25, -0.2) is 0 Å². The molecule has 0 radical (unpaired) electrons. The molecule has 1 aromatic heterocycles. The van der Waals surface area contributed by atoms with Crippen LogP contribution in [0.1, 0.15) is 57.7 Å². The summed E-state index contributed by atoms with van der Waals surface area (Å²) in [4.78, 5) is 0. The number of halogens is 1. The highest BCUT2D eigenvalue weighted by Gasteiger charge is 2.24. The Hall–Kier alpha value is 0. The summed E-state index contributed by atoms with van der Waals surface area (Å²) >= 11 is 5.83. The first kappa shape index (κ1) is 17.4. The minimum Gasteiger partial charge on any atom is -0.309 e. The zero-order valence-electron chi connectivity index (χ0n) is 13.3. The van der Waals surface area contributed by atoms with Crippen LogP contribution in [0.4, 0.5) is 0 Å². The minimum absolute atomic E-state index is 0.432. The average Bonchev–Trinajstić information content (AvgIpc) is 2.86. The van der Waals surface area contributed by atoms with Gasteiger partial charge in [-0.2, -0.15) is 16.9 Å². The molecule has 1 aromatic rings. The Bertz CT molecular complexity index is 416. The van der Waals surface area contributed by atoms with Crippen LogP contribution in [0.15, 0.2) is 10.7 Å². The summed E-state index contributed by atoms with van der Waals surface area (Å²) in [7, 11) is 0. The van der Waals surface area contributed by atoms with Crippen molar-refractivity contribution in [3.8, 4) is 0 Å². The van der Waals surface area contributed by atoms with Crippen LogP contribution < -0.4 is 5.32 Å². The fourth-order valence-electron chi connectivity index (χ4n) is 3.03. The first-order valence-electron chi connectivity index (χ1n) is 8.28. The van der Waals surface area contributed by atoms with Gasteiger partial charge in [0.1, 0.15) is 0 Å². The Morgan fingerprint density at radius 3 is 2.81 bits per heavy atom. The summed E-state index contributed by atoms with van der Waals surface area (Å²) in [5.41, 5.74) is 1.35. The van der Waals surface area contributed by atoms with Crippen LogP contribution in [0.2, 0.25) is 0 Å². The molecule has 0 saturated carbocycles. The fraction of sp³-hybridized carbons (Fsp3) is 0.812. The Morgan fingerprint density at radius 1 is 1.38 bits per heavy atom. The maximum Gasteiger partial charge on any atom is 0.0695 e. The van der Waals surface area contributed by atoms with Crippen LogP contribution in [-0.2, 0) is 6.54 Å². The van der Waals surface area contributed by atoms with E-state index in [1.54, 1.807) is 0 Å². The van der Waals surface area contributed by atoms with Gasteiger partial charge in [0.25, 0.3) is 0 Å². The van der Waals surface area contributed by atoms with Gasteiger partial charge in [-0.05, 0) is 72.0 Å². The number of nitrogens with one attached hydrogen (secondary N) is 1. The summed E-state index contributed by atoms with van der Waals surface area (Å²) in [6.07, 6.45) is 8.25. The maximum absolute atomic E-state index is 4.55. The number of hydrogen-bond acceptors (Lipinski definition) is 3. The van der Waals surface area contributed by atoms with Crippen molar-refractivity contribution < 1.29 is 0 Å². The SMILES string of the molecule is CCCNC(CC1CCSCC1)c1c(Br)cnn1CCC. The van der Waals surface area contributed by atoms with Crippen molar-refractivity contribution in [3.05, 3.63) is 16.4 Å². The summed E-state index contributed by atoms with van der Waals surface area (Å²) in [5.74, 6) is 3.53. The van der Waals surface area contributed by atoms with Crippen LogP contribution in [0.3, 0.4) is 0 Å². The van der Waals surface area contributed by atoms with Gasteiger partial charge >= 0.3 is 0 Å². The molecule has 0 bridgehead atoms. The molecule has 5 heteroatoms. The third kappa shape index (κ3) is 5.00. The van der Waals surface area contributed by atoms with E-state index in [-0.39, 0.29) is 0 Å². The minimum atomic E-state index is 0.432. The number of aromatic nitrogens is 2. The molecule has 1 atom stereocenters. The molecule has 1 saturated heterocycles. The molecule has 0 aromatic carbocycles. The topological polar surface area (TPSA) is 29.9 Å². The molecule has 0 aliphatic carbocycles. The van der Waals surface area contributed by atoms with Crippen molar-refractivity contribution in [2.24, 2.45) is 5.92 Å². The predicted octanol–water partition coefficient (Wildman–Crippen LogP) is 4.63. The van der Waals surface area contributed by atoms with Crippen LogP contribution in [-0.4, -0.2) is 27.8 Å². The van der Waals surface area contributed by atoms with E-state index in [0.717, 1.165) is 29.9 Å². The molecule has 1 unspecified atom stereocenters. The molecule has 1 fully saturated rings. The molecule has 21 heavy (non-hydrogen) atoms. The summed E-state index contributed by atoms with van der Waals surface area (Å²) < 4.78 is 3.35. The van der Waals surface area contributed by atoms with Gasteiger partial charge in [-0.15, -0.1) is 0 Å². The zero-order chi connectivity index (χ0) is 15.1. The normalized spacial score (nSPS) is 18.0.